The SMILES string of the molecule is O=C(NC1CCCC1)N1CCC(N2C(=O)CNC2=O)C1. The molecule has 110 valence electrons. The standard InChI is InChI=1S/C13H20N4O3/c18-11-7-14-12(19)17(11)10-5-6-16(8-10)13(20)15-9-3-1-2-4-9/h9-10H,1-8H2,(H,14,19)(H,15,20). The molecule has 3 rings (SSSR count). The van der Waals surface area contributed by atoms with Crippen LogP contribution in [-0.2, 0) is 4.79 Å². The molecule has 7 nitrogen and oxygen atoms in total. The fourth-order valence-corrected chi connectivity index (χ4v) is 3.28. The maximum Gasteiger partial charge on any atom is 0.324 e. The van der Waals surface area contributed by atoms with Crippen molar-refractivity contribution in [1.29, 1.82) is 0 Å². The third-order valence-electron chi connectivity index (χ3n) is 4.38. The van der Waals surface area contributed by atoms with Gasteiger partial charge >= 0.3 is 12.1 Å². The highest BCUT2D eigenvalue weighted by molar-refractivity contribution is 6.02. The van der Waals surface area contributed by atoms with E-state index in [-0.39, 0.29) is 30.6 Å². The number of carbonyl (C=O) groups excluding carboxylic acids is 3. The molecule has 2 heterocycles. The molecule has 3 aliphatic rings. The number of nitrogens with one attached hydrogen (secondary N) is 2. The number of likely N-dealkylation sites (tertiary alicyclic amines) is 1. The Balaban J connectivity index is 1.54. The van der Waals surface area contributed by atoms with Crippen molar-refractivity contribution in [3.63, 3.8) is 0 Å². The maximum absolute atomic E-state index is 12.1. The molecule has 1 aliphatic carbocycles. The summed E-state index contributed by atoms with van der Waals surface area (Å²) in [4.78, 5) is 38.4. The monoisotopic (exact) mass is 280 g/mol. The van der Waals surface area contributed by atoms with E-state index >= 15 is 0 Å². The molecule has 2 saturated heterocycles. The number of urea groups is 2. The molecule has 0 radical (unpaired) electrons. The van der Waals surface area contributed by atoms with E-state index in [0.717, 1.165) is 12.8 Å². The minimum absolute atomic E-state index is 0.0635. The van der Waals surface area contributed by atoms with Crippen molar-refractivity contribution >= 4 is 18.0 Å². The lowest BCUT2D eigenvalue weighted by Gasteiger charge is -2.23. The largest absolute Gasteiger partial charge is 0.335 e. The summed E-state index contributed by atoms with van der Waals surface area (Å²) in [5.41, 5.74) is 0. The number of imide groups is 1. The van der Waals surface area contributed by atoms with Crippen LogP contribution in [0.3, 0.4) is 0 Å². The van der Waals surface area contributed by atoms with Crippen LogP contribution in [0.25, 0.3) is 0 Å². The van der Waals surface area contributed by atoms with E-state index < -0.39 is 0 Å². The molecule has 2 N–H and O–H groups in total. The summed E-state index contributed by atoms with van der Waals surface area (Å²) in [5.74, 6) is -0.196. The van der Waals surface area contributed by atoms with E-state index in [1.807, 2.05) is 0 Å². The van der Waals surface area contributed by atoms with Crippen LogP contribution in [0, 0.1) is 0 Å². The second-order valence-electron chi connectivity index (χ2n) is 5.74. The van der Waals surface area contributed by atoms with Crippen molar-refractivity contribution in [1.82, 2.24) is 20.4 Å². The minimum atomic E-state index is -0.335. The van der Waals surface area contributed by atoms with Gasteiger partial charge in [0, 0.05) is 19.1 Å². The van der Waals surface area contributed by atoms with Gasteiger partial charge in [-0.3, -0.25) is 9.69 Å². The first-order chi connectivity index (χ1) is 9.65. The lowest BCUT2D eigenvalue weighted by Crippen LogP contribution is -2.46. The second kappa shape index (κ2) is 5.30. The first-order valence-electron chi connectivity index (χ1n) is 7.30. The Labute approximate surface area is 117 Å². The zero-order valence-electron chi connectivity index (χ0n) is 11.4. The van der Waals surface area contributed by atoms with Crippen LogP contribution in [0.1, 0.15) is 32.1 Å². The maximum atomic E-state index is 12.1. The summed E-state index contributed by atoms with van der Waals surface area (Å²) < 4.78 is 0. The zero-order valence-corrected chi connectivity index (χ0v) is 11.4. The van der Waals surface area contributed by atoms with E-state index in [9.17, 15) is 14.4 Å². The highest BCUT2D eigenvalue weighted by atomic mass is 16.2. The lowest BCUT2D eigenvalue weighted by molar-refractivity contribution is -0.126. The number of hydrogen-bond acceptors (Lipinski definition) is 3. The van der Waals surface area contributed by atoms with Gasteiger partial charge in [0.05, 0.1) is 12.6 Å². The van der Waals surface area contributed by atoms with Gasteiger partial charge in [0.15, 0.2) is 0 Å². The number of rotatable bonds is 2. The molecular formula is C13H20N4O3. The Hall–Kier alpha value is -1.79. The van der Waals surface area contributed by atoms with Gasteiger partial charge in [-0.05, 0) is 19.3 Å². The van der Waals surface area contributed by atoms with Crippen LogP contribution < -0.4 is 10.6 Å². The van der Waals surface area contributed by atoms with Gasteiger partial charge in [-0.2, -0.15) is 0 Å². The third-order valence-corrected chi connectivity index (χ3v) is 4.38. The Kier molecular flexibility index (Phi) is 3.50. The van der Waals surface area contributed by atoms with Gasteiger partial charge in [0.25, 0.3) is 0 Å². The number of amides is 5. The highest BCUT2D eigenvalue weighted by Crippen LogP contribution is 2.20. The van der Waals surface area contributed by atoms with Crippen LogP contribution in [0.15, 0.2) is 0 Å². The summed E-state index contributed by atoms with van der Waals surface area (Å²) >= 11 is 0. The summed E-state index contributed by atoms with van der Waals surface area (Å²) in [5, 5.41) is 5.55. The van der Waals surface area contributed by atoms with Crippen LogP contribution in [-0.4, -0.2) is 59.5 Å². The predicted molar refractivity (Wildman–Crippen MR) is 71.0 cm³/mol. The summed E-state index contributed by atoms with van der Waals surface area (Å²) in [6, 6.07) is -0.290. The number of carbonyl (C=O) groups is 3. The van der Waals surface area contributed by atoms with Crippen molar-refractivity contribution in [2.45, 2.75) is 44.2 Å². The van der Waals surface area contributed by atoms with Gasteiger partial charge in [-0.25, -0.2) is 9.59 Å². The van der Waals surface area contributed by atoms with Crippen molar-refractivity contribution in [3.05, 3.63) is 0 Å². The average molecular weight is 280 g/mol. The first kappa shape index (κ1) is 13.2. The fraction of sp³-hybridized carbons (Fsp3) is 0.769. The zero-order chi connectivity index (χ0) is 14.1. The molecule has 1 unspecified atom stereocenters. The van der Waals surface area contributed by atoms with E-state index in [2.05, 4.69) is 10.6 Å². The van der Waals surface area contributed by atoms with Crippen molar-refractivity contribution in [2.75, 3.05) is 19.6 Å². The second-order valence-corrected chi connectivity index (χ2v) is 5.74. The van der Waals surface area contributed by atoms with Crippen LogP contribution in [0.4, 0.5) is 9.59 Å². The Morgan fingerprint density at radius 1 is 1.20 bits per heavy atom. The van der Waals surface area contributed by atoms with Gasteiger partial charge < -0.3 is 15.5 Å². The van der Waals surface area contributed by atoms with Gasteiger partial charge in [-0.15, -0.1) is 0 Å². The predicted octanol–water partition coefficient (Wildman–Crippen LogP) is 0.265. The lowest BCUT2D eigenvalue weighted by atomic mass is 10.2. The van der Waals surface area contributed by atoms with Gasteiger partial charge in [0.1, 0.15) is 0 Å². The van der Waals surface area contributed by atoms with Crippen LogP contribution >= 0.6 is 0 Å². The van der Waals surface area contributed by atoms with Gasteiger partial charge in [0.2, 0.25) is 5.91 Å². The molecule has 0 bridgehead atoms. The molecule has 1 saturated carbocycles. The van der Waals surface area contributed by atoms with E-state index in [4.69, 9.17) is 0 Å². The van der Waals surface area contributed by atoms with Crippen LogP contribution in [0.2, 0.25) is 0 Å². The molecule has 0 aromatic heterocycles. The number of hydrogen-bond donors (Lipinski definition) is 2. The van der Waals surface area contributed by atoms with E-state index in [1.54, 1.807) is 4.90 Å². The average Bonchev–Trinajstić information content (AvgIpc) is 3.11. The summed E-state index contributed by atoms with van der Waals surface area (Å²) in [6.07, 6.45) is 5.12. The Morgan fingerprint density at radius 3 is 2.60 bits per heavy atom. The molecule has 0 aromatic rings. The third kappa shape index (κ3) is 2.44. The van der Waals surface area contributed by atoms with Crippen LogP contribution in [0.5, 0.6) is 0 Å². The first-order valence-corrected chi connectivity index (χ1v) is 7.30. The minimum Gasteiger partial charge on any atom is -0.335 e. The Bertz CT molecular complexity index is 417. The normalized spacial score (nSPS) is 27.3. The number of nitrogens with zero attached hydrogens (tertiary/aromatic N) is 2. The van der Waals surface area contributed by atoms with Gasteiger partial charge in [-0.1, -0.05) is 12.8 Å². The molecule has 5 amide bonds. The molecule has 1 atom stereocenters. The molecule has 0 aromatic carbocycles. The Morgan fingerprint density at radius 2 is 1.95 bits per heavy atom. The molecular weight excluding hydrogens is 260 g/mol. The smallest absolute Gasteiger partial charge is 0.324 e. The van der Waals surface area contributed by atoms with Crippen molar-refractivity contribution in [3.8, 4) is 0 Å². The topological polar surface area (TPSA) is 81.8 Å². The quantitative estimate of drug-likeness (QED) is 0.712. The molecule has 20 heavy (non-hydrogen) atoms. The molecule has 2 aliphatic heterocycles. The highest BCUT2D eigenvalue weighted by Gasteiger charge is 2.39. The summed E-state index contributed by atoms with van der Waals surface area (Å²) in [7, 11) is 0. The molecule has 0 spiro atoms. The van der Waals surface area contributed by atoms with Crippen molar-refractivity contribution < 1.29 is 14.4 Å². The fourth-order valence-electron chi connectivity index (χ4n) is 3.28. The van der Waals surface area contributed by atoms with E-state index in [1.165, 1.54) is 17.7 Å². The molecule has 7 heteroatoms. The molecule has 3 fully saturated rings. The van der Waals surface area contributed by atoms with E-state index in [0.29, 0.717) is 25.6 Å². The van der Waals surface area contributed by atoms with Crippen molar-refractivity contribution in [2.24, 2.45) is 0 Å². The summed E-state index contributed by atoms with van der Waals surface area (Å²) in [6.45, 7) is 1.11.